The summed E-state index contributed by atoms with van der Waals surface area (Å²) in [4.78, 5) is 14.2. The molecule has 1 aliphatic rings. The van der Waals surface area contributed by atoms with Crippen molar-refractivity contribution in [1.82, 2.24) is 10.2 Å². The molecule has 1 fully saturated rings. The lowest BCUT2D eigenvalue weighted by atomic mass is 10.2. The van der Waals surface area contributed by atoms with Crippen molar-refractivity contribution in [2.45, 2.75) is 32.7 Å². The van der Waals surface area contributed by atoms with Gasteiger partial charge in [0.05, 0.1) is 13.2 Å². The number of benzene rings is 1. The summed E-state index contributed by atoms with van der Waals surface area (Å²) >= 11 is 0. The molecule has 0 unspecified atom stereocenters. The van der Waals surface area contributed by atoms with Crippen LogP contribution in [0.1, 0.15) is 26.7 Å². The van der Waals surface area contributed by atoms with Crippen LogP contribution in [0.15, 0.2) is 18.2 Å². The molecule has 6 nitrogen and oxygen atoms in total. The highest BCUT2D eigenvalue weighted by Crippen LogP contribution is 2.30. The highest BCUT2D eigenvalue weighted by molar-refractivity contribution is 5.89. The first-order valence-corrected chi connectivity index (χ1v) is 8.28. The van der Waals surface area contributed by atoms with E-state index in [0.29, 0.717) is 43.0 Å². The van der Waals surface area contributed by atoms with Crippen LogP contribution in [-0.4, -0.2) is 50.3 Å². The fraction of sp³-hybridized carbons (Fsp3) is 0.588. The van der Waals surface area contributed by atoms with E-state index in [4.69, 9.17) is 9.47 Å². The Morgan fingerprint density at radius 3 is 2.57 bits per heavy atom. The van der Waals surface area contributed by atoms with Crippen molar-refractivity contribution in [3.63, 3.8) is 0 Å². The summed E-state index contributed by atoms with van der Waals surface area (Å²) in [5.41, 5.74) is 0.685. The topological polar surface area (TPSA) is 62.8 Å². The van der Waals surface area contributed by atoms with Gasteiger partial charge in [0.2, 0.25) is 0 Å². The van der Waals surface area contributed by atoms with Gasteiger partial charge in [-0.25, -0.2) is 4.79 Å². The van der Waals surface area contributed by atoms with Gasteiger partial charge in [-0.3, -0.25) is 0 Å². The molecule has 1 aromatic carbocycles. The number of urea groups is 1. The zero-order chi connectivity index (χ0) is 16.7. The average Bonchev–Trinajstić information content (AvgIpc) is 3.35. The first kappa shape index (κ1) is 17.4. The molecule has 6 heteroatoms. The molecule has 0 saturated heterocycles. The minimum atomic E-state index is -0.208. The Morgan fingerprint density at radius 2 is 1.91 bits per heavy atom. The minimum absolute atomic E-state index is 0.208. The number of rotatable bonds is 9. The van der Waals surface area contributed by atoms with E-state index in [2.05, 4.69) is 22.6 Å². The predicted octanol–water partition coefficient (Wildman–Crippen LogP) is 2.70. The first-order chi connectivity index (χ1) is 11.1. The molecule has 0 aliphatic heterocycles. The molecule has 2 N–H and O–H groups in total. The van der Waals surface area contributed by atoms with Gasteiger partial charge in [0.15, 0.2) is 11.5 Å². The van der Waals surface area contributed by atoms with Crippen LogP contribution in [0.4, 0.5) is 10.5 Å². The van der Waals surface area contributed by atoms with E-state index in [1.54, 1.807) is 6.07 Å². The number of anilines is 1. The Balaban J connectivity index is 1.82. The molecule has 0 bridgehead atoms. The van der Waals surface area contributed by atoms with Crippen molar-refractivity contribution in [1.29, 1.82) is 0 Å². The van der Waals surface area contributed by atoms with Crippen molar-refractivity contribution in [2.75, 3.05) is 38.7 Å². The smallest absolute Gasteiger partial charge is 0.319 e. The van der Waals surface area contributed by atoms with Gasteiger partial charge in [-0.1, -0.05) is 0 Å². The molecule has 1 aliphatic carbocycles. The minimum Gasteiger partial charge on any atom is -0.490 e. The fourth-order valence-corrected chi connectivity index (χ4v) is 2.35. The summed E-state index contributed by atoms with van der Waals surface area (Å²) in [7, 11) is 2.10. The summed E-state index contributed by atoms with van der Waals surface area (Å²) in [5.74, 6) is 1.33. The van der Waals surface area contributed by atoms with Gasteiger partial charge in [0, 0.05) is 30.9 Å². The van der Waals surface area contributed by atoms with Crippen molar-refractivity contribution in [3.8, 4) is 11.5 Å². The van der Waals surface area contributed by atoms with Crippen molar-refractivity contribution < 1.29 is 14.3 Å². The molecule has 23 heavy (non-hydrogen) atoms. The molecular formula is C17H27N3O3. The van der Waals surface area contributed by atoms with E-state index in [1.807, 2.05) is 26.0 Å². The van der Waals surface area contributed by atoms with Crippen LogP contribution in [0.3, 0.4) is 0 Å². The predicted molar refractivity (Wildman–Crippen MR) is 91.5 cm³/mol. The van der Waals surface area contributed by atoms with Crippen LogP contribution in [0.25, 0.3) is 0 Å². The Kier molecular flexibility index (Phi) is 6.52. The highest BCUT2D eigenvalue weighted by Gasteiger charge is 2.25. The Labute approximate surface area is 138 Å². The quantitative estimate of drug-likeness (QED) is 0.734. The second-order valence-corrected chi connectivity index (χ2v) is 5.62. The number of amides is 2. The molecule has 2 rings (SSSR count). The zero-order valence-corrected chi connectivity index (χ0v) is 14.2. The molecule has 0 spiro atoms. The molecular weight excluding hydrogens is 294 g/mol. The number of hydrogen-bond acceptors (Lipinski definition) is 4. The van der Waals surface area contributed by atoms with Gasteiger partial charge < -0.3 is 25.0 Å². The van der Waals surface area contributed by atoms with Crippen molar-refractivity contribution in [2.24, 2.45) is 0 Å². The Hall–Kier alpha value is -1.95. The van der Waals surface area contributed by atoms with Gasteiger partial charge in [0.25, 0.3) is 0 Å². The molecule has 0 aromatic heterocycles. The van der Waals surface area contributed by atoms with Crippen LogP contribution >= 0.6 is 0 Å². The van der Waals surface area contributed by atoms with Gasteiger partial charge in [0.1, 0.15) is 0 Å². The highest BCUT2D eigenvalue weighted by atomic mass is 16.5. The van der Waals surface area contributed by atoms with Crippen LogP contribution in [-0.2, 0) is 0 Å². The van der Waals surface area contributed by atoms with E-state index < -0.39 is 0 Å². The van der Waals surface area contributed by atoms with Crippen LogP contribution in [0.2, 0.25) is 0 Å². The lowest BCUT2D eigenvalue weighted by Gasteiger charge is -2.16. The lowest BCUT2D eigenvalue weighted by molar-refractivity contribution is 0.249. The zero-order valence-electron chi connectivity index (χ0n) is 14.2. The Morgan fingerprint density at radius 1 is 1.22 bits per heavy atom. The normalized spacial score (nSPS) is 13.7. The number of likely N-dealkylation sites (N-methyl/N-ethyl adjacent to an activating group) is 1. The van der Waals surface area contributed by atoms with Crippen LogP contribution in [0.5, 0.6) is 11.5 Å². The maximum Gasteiger partial charge on any atom is 0.319 e. The number of carbonyl (C=O) groups is 1. The third-order valence-electron chi connectivity index (χ3n) is 3.72. The first-order valence-electron chi connectivity index (χ1n) is 8.28. The van der Waals surface area contributed by atoms with Crippen molar-refractivity contribution >= 4 is 11.7 Å². The Bertz CT molecular complexity index is 518. The van der Waals surface area contributed by atoms with E-state index in [1.165, 1.54) is 12.8 Å². The van der Waals surface area contributed by atoms with Gasteiger partial charge >= 0.3 is 6.03 Å². The number of hydrogen-bond donors (Lipinski definition) is 2. The molecule has 1 aromatic rings. The maximum absolute atomic E-state index is 11.9. The largest absolute Gasteiger partial charge is 0.490 e. The molecule has 0 heterocycles. The number of carbonyl (C=O) groups excluding carboxylic acids is 1. The molecule has 0 radical (unpaired) electrons. The van der Waals surface area contributed by atoms with Crippen LogP contribution < -0.4 is 20.1 Å². The number of nitrogens with one attached hydrogen (secondary N) is 2. The second kappa shape index (κ2) is 8.62. The summed E-state index contributed by atoms with van der Waals surface area (Å²) in [6.07, 6.45) is 2.55. The summed E-state index contributed by atoms with van der Waals surface area (Å²) in [6.45, 7) is 6.46. The molecule has 1 saturated carbocycles. The maximum atomic E-state index is 11.9. The van der Waals surface area contributed by atoms with E-state index in [-0.39, 0.29) is 6.03 Å². The van der Waals surface area contributed by atoms with E-state index >= 15 is 0 Å². The van der Waals surface area contributed by atoms with Crippen LogP contribution in [0, 0.1) is 0 Å². The molecule has 128 valence electrons. The standard InChI is InChI=1S/C17H27N3O3/c1-4-22-15-9-6-13(12-16(15)23-5-2)19-17(21)18-10-11-20(3)14-7-8-14/h6,9,12,14H,4-5,7-8,10-11H2,1-3H3,(H2,18,19,21). The fourth-order valence-electron chi connectivity index (χ4n) is 2.35. The number of ether oxygens (including phenoxy) is 2. The monoisotopic (exact) mass is 321 g/mol. The average molecular weight is 321 g/mol. The molecule has 0 atom stereocenters. The summed E-state index contributed by atoms with van der Waals surface area (Å²) in [6, 6.07) is 5.90. The summed E-state index contributed by atoms with van der Waals surface area (Å²) in [5, 5.41) is 5.70. The second-order valence-electron chi connectivity index (χ2n) is 5.62. The SMILES string of the molecule is CCOc1ccc(NC(=O)NCCN(C)C2CC2)cc1OCC. The molecule has 2 amide bonds. The van der Waals surface area contributed by atoms with Gasteiger partial charge in [-0.2, -0.15) is 0 Å². The van der Waals surface area contributed by atoms with Crippen molar-refractivity contribution in [3.05, 3.63) is 18.2 Å². The van der Waals surface area contributed by atoms with Gasteiger partial charge in [-0.15, -0.1) is 0 Å². The lowest BCUT2D eigenvalue weighted by Crippen LogP contribution is -2.36. The van der Waals surface area contributed by atoms with E-state index in [0.717, 1.165) is 6.54 Å². The third-order valence-corrected chi connectivity index (χ3v) is 3.72. The number of nitrogens with zero attached hydrogens (tertiary/aromatic N) is 1. The van der Waals surface area contributed by atoms with E-state index in [9.17, 15) is 4.79 Å². The third kappa shape index (κ3) is 5.63. The summed E-state index contributed by atoms with van der Waals surface area (Å²) < 4.78 is 11.1. The van der Waals surface area contributed by atoms with Gasteiger partial charge in [-0.05, 0) is 45.9 Å².